The SMILES string of the molecule is C=CCC1N=NC(=O)C1c1ccccc1. The summed E-state index contributed by atoms with van der Waals surface area (Å²) < 4.78 is 0. The Morgan fingerprint density at radius 3 is 2.73 bits per heavy atom. The molecule has 3 heteroatoms. The summed E-state index contributed by atoms with van der Waals surface area (Å²) in [5.41, 5.74) is 0.986. The van der Waals surface area contributed by atoms with Crippen LogP contribution in [0.5, 0.6) is 0 Å². The molecule has 0 saturated heterocycles. The molecule has 2 rings (SSSR count). The lowest BCUT2D eigenvalue weighted by atomic mass is 9.90. The normalized spacial score (nSPS) is 24.4. The van der Waals surface area contributed by atoms with Gasteiger partial charge in [-0.25, -0.2) is 0 Å². The Hall–Kier alpha value is -1.77. The third-order valence-corrected chi connectivity index (χ3v) is 2.52. The summed E-state index contributed by atoms with van der Waals surface area (Å²) in [6, 6.07) is 9.58. The summed E-state index contributed by atoms with van der Waals surface area (Å²) in [4.78, 5) is 11.6. The molecule has 0 radical (unpaired) electrons. The highest BCUT2D eigenvalue weighted by molar-refractivity contribution is 5.86. The highest BCUT2D eigenvalue weighted by atomic mass is 16.2. The second-order valence-electron chi connectivity index (χ2n) is 3.53. The molecule has 1 amide bonds. The van der Waals surface area contributed by atoms with Crippen LogP contribution in [0.15, 0.2) is 53.2 Å². The smallest absolute Gasteiger partial charge is 0.270 e. The maximum atomic E-state index is 11.6. The van der Waals surface area contributed by atoms with Crippen molar-refractivity contribution in [3.05, 3.63) is 48.6 Å². The molecule has 0 bridgehead atoms. The monoisotopic (exact) mass is 200 g/mol. The lowest BCUT2D eigenvalue weighted by Gasteiger charge is -2.13. The first-order valence-corrected chi connectivity index (χ1v) is 4.93. The fraction of sp³-hybridized carbons (Fsp3) is 0.250. The van der Waals surface area contributed by atoms with Gasteiger partial charge >= 0.3 is 0 Å². The Labute approximate surface area is 88.5 Å². The van der Waals surface area contributed by atoms with E-state index in [0.29, 0.717) is 6.42 Å². The second-order valence-corrected chi connectivity index (χ2v) is 3.53. The van der Waals surface area contributed by atoms with Crippen molar-refractivity contribution in [3.8, 4) is 0 Å². The minimum Gasteiger partial charge on any atom is -0.270 e. The van der Waals surface area contributed by atoms with Gasteiger partial charge in [-0.1, -0.05) is 36.4 Å². The second kappa shape index (κ2) is 4.17. The summed E-state index contributed by atoms with van der Waals surface area (Å²) in [6.07, 6.45) is 2.47. The van der Waals surface area contributed by atoms with Crippen molar-refractivity contribution in [2.75, 3.05) is 0 Å². The van der Waals surface area contributed by atoms with E-state index < -0.39 is 0 Å². The number of amides is 1. The first-order valence-electron chi connectivity index (χ1n) is 4.93. The number of benzene rings is 1. The average molecular weight is 200 g/mol. The van der Waals surface area contributed by atoms with Gasteiger partial charge in [0.25, 0.3) is 5.91 Å². The minimum absolute atomic E-state index is 0.0719. The molecule has 0 spiro atoms. The third-order valence-electron chi connectivity index (χ3n) is 2.52. The van der Waals surface area contributed by atoms with Crippen molar-refractivity contribution in [1.82, 2.24) is 0 Å². The largest absolute Gasteiger partial charge is 0.273 e. The Bertz CT molecular complexity index is 397. The minimum atomic E-state index is -0.218. The van der Waals surface area contributed by atoms with Gasteiger partial charge in [-0.05, 0) is 12.0 Å². The van der Waals surface area contributed by atoms with E-state index in [-0.39, 0.29) is 17.9 Å². The first kappa shape index (κ1) is 9.77. The van der Waals surface area contributed by atoms with Gasteiger partial charge in [0.05, 0.1) is 12.0 Å². The lowest BCUT2D eigenvalue weighted by molar-refractivity contribution is -0.118. The number of hydrogen-bond acceptors (Lipinski definition) is 2. The van der Waals surface area contributed by atoms with E-state index in [4.69, 9.17) is 0 Å². The fourth-order valence-electron chi connectivity index (χ4n) is 1.80. The van der Waals surface area contributed by atoms with Crippen LogP contribution in [0.1, 0.15) is 17.9 Å². The summed E-state index contributed by atoms with van der Waals surface area (Å²) in [5, 5.41) is 7.60. The topological polar surface area (TPSA) is 41.8 Å². The van der Waals surface area contributed by atoms with Gasteiger partial charge in [0.2, 0.25) is 0 Å². The summed E-state index contributed by atoms with van der Waals surface area (Å²) >= 11 is 0. The van der Waals surface area contributed by atoms with Crippen LogP contribution in [0.25, 0.3) is 0 Å². The van der Waals surface area contributed by atoms with Gasteiger partial charge < -0.3 is 0 Å². The van der Waals surface area contributed by atoms with Gasteiger partial charge in [0, 0.05) is 0 Å². The Morgan fingerprint density at radius 2 is 2.07 bits per heavy atom. The molecule has 0 saturated carbocycles. The quantitative estimate of drug-likeness (QED) is 0.691. The molecule has 0 aromatic heterocycles. The highest BCUT2D eigenvalue weighted by Gasteiger charge is 2.33. The summed E-state index contributed by atoms with van der Waals surface area (Å²) in [5.74, 6) is -0.364. The van der Waals surface area contributed by atoms with Crippen LogP contribution in [0.2, 0.25) is 0 Å². The lowest BCUT2D eigenvalue weighted by Crippen LogP contribution is -2.17. The van der Waals surface area contributed by atoms with Gasteiger partial charge in [0.15, 0.2) is 0 Å². The molecule has 1 aliphatic heterocycles. The van der Waals surface area contributed by atoms with Gasteiger partial charge in [-0.3, -0.25) is 4.79 Å². The van der Waals surface area contributed by atoms with E-state index in [1.807, 2.05) is 30.3 Å². The van der Waals surface area contributed by atoms with Crippen molar-refractivity contribution in [2.24, 2.45) is 10.2 Å². The molecule has 1 aromatic carbocycles. The summed E-state index contributed by atoms with van der Waals surface area (Å²) in [7, 11) is 0. The molecule has 3 nitrogen and oxygen atoms in total. The Kier molecular flexibility index (Phi) is 2.72. The average Bonchev–Trinajstić information content (AvgIpc) is 2.62. The zero-order valence-corrected chi connectivity index (χ0v) is 8.34. The molecular formula is C12H12N2O. The maximum Gasteiger partial charge on any atom is 0.273 e. The first-order chi connectivity index (χ1) is 7.33. The van der Waals surface area contributed by atoms with Crippen LogP contribution < -0.4 is 0 Å². The number of carbonyl (C=O) groups excluding carboxylic acids is 1. The molecule has 1 aliphatic rings. The van der Waals surface area contributed by atoms with Crippen molar-refractivity contribution in [1.29, 1.82) is 0 Å². The number of rotatable bonds is 3. The van der Waals surface area contributed by atoms with E-state index >= 15 is 0 Å². The Balaban J connectivity index is 2.27. The molecule has 0 N–H and O–H groups in total. The molecular weight excluding hydrogens is 188 g/mol. The third kappa shape index (κ3) is 1.86. The molecule has 15 heavy (non-hydrogen) atoms. The van der Waals surface area contributed by atoms with E-state index in [0.717, 1.165) is 5.56 Å². The van der Waals surface area contributed by atoms with E-state index in [9.17, 15) is 4.79 Å². The van der Waals surface area contributed by atoms with E-state index in [1.54, 1.807) is 6.08 Å². The Morgan fingerprint density at radius 1 is 1.33 bits per heavy atom. The van der Waals surface area contributed by atoms with E-state index in [1.165, 1.54) is 0 Å². The molecule has 76 valence electrons. The van der Waals surface area contributed by atoms with Gasteiger partial charge in [-0.15, -0.1) is 11.7 Å². The number of nitrogens with zero attached hydrogens (tertiary/aromatic N) is 2. The van der Waals surface area contributed by atoms with Crippen molar-refractivity contribution >= 4 is 5.91 Å². The van der Waals surface area contributed by atoms with Crippen molar-refractivity contribution < 1.29 is 4.79 Å². The van der Waals surface area contributed by atoms with Crippen molar-refractivity contribution in [3.63, 3.8) is 0 Å². The van der Waals surface area contributed by atoms with Crippen LogP contribution in [0.4, 0.5) is 0 Å². The standard InChI is InChI=1S/C12H12N2O/c1-2-6-10-11(12(15)14-13-10)9-7-4-3-5-8-9/h2-5,7-8,10-11H,1,6H2. The fourth-order valence-corrected chi connectivity index (χ4v) is 1.80. The zero-order valence-electron chi connectivity index (χ0n) is 8.34. The van der Waals surface area contributed by atoms with Crippen LogP contribution >= 0.6 is 0 Å². The van der Waals surface area contributed by atoms with Gasteiger partial charge in [0.1, 0.15) is 0 Å². The van der Waals surface area contributed by atoms with Gasteiger partial charge in [-0.2, -0.15) is 5.11 Å². The predicted octanol–water partition coefficient (Wildman–Crippen LogP) is 2.71. The number of azo groups is 1. The molecule has 2 unspecified atom stereocenters. The summed E-state index contributed by atoms with van der Waals surface area (Å²) in [6.45, 7) is 3.66. The molecule has 1 heterocycles. The molecule has 1 aromatic rings. The van der Waals surface area contributed by atoms with Crippen LogP contribution in [0.3, 0.4) is 0 Å². The predicted molar refractivity (Wildman–Crippen MR) is 57.6 cm³/mol. The van der Waals surface area contributed by atoms with E-state index in [2.05, 4.69) is 16.8 Å². The molecule has 2 atom stereocenters. The molecule has 0 aliphatic carbocycles. The zero-order chi connectivity index (χ0) is 10.7. The van der Waals surface area contributed by atoms with Crippen LogP contribution in [-0.2, 0) is 4.79 Å². The van der Waals surface area contributed by atoms with Crippen molar-refractivity contribution in [2.45, 2.75) is 18.4 Å². The number of hydrogen-bond donors (Lipinski definition) is 0. The van der Waals surface area contributed by atoms with Crippen LogP contribution in [0, 0.1) is 0 Å². The highest BCUT2D eigenvalue weighted by Crippen LogP contribution is 2.30. The number of carbonyl (C=O) groups is 1. The molecule has 0 fully saturated rings. The maximum absolute atomic E-state index is 11.6. The van der Waals surface area contributed by atoms with Crippen LogP contribution in [-0.4, -0.2) is 11.9 Å².